The molecule has 1 aliphatic carbocycles. The van der Waals surface area contributed by atoms with Gasteiger partial charge in [0, 0.05) is 5.92 Å². The molecule has 0 heterocycles. The van der Waals surface area contributed by atoms with Crippen LogP contribution in [0.4, 0.5) is 0 Å². The van der Waals surface area contributed by atoms with Crippen molar-refractivity contribution < 1.29 is 0 Å². The predicted molar refractivity (Wildman–Crippen MR) is 85.8 cm³/mol. The van der Waals surface area contributed by atoms with Crippen LogP contribution in [-0.2, 0) is 6.42 Å². The third-order valence-corrected chi connectivity index (χ3v) is 4.27. The Balaban J connectivity index is 1.92. The first-order valence-electron chi connectivity index (χ1n) is 7.50. The smallest absolute Gasteiger partial charge is 0.0449 e. The van der Waals surface area contributed by atoms with E-state index in [1.807, 2.05) is 0 Å². The number of rotatable bonds is 4. The van der Waals surface area contributed by atoms with Crippen LogP contribution in [0.3, 0.4) is 0 Å². The molecule has 1 unspecified atom stereocenters. The van der Waals surface area contributed by atoms with Gasteiger partial charge in [0.05, 0.1) is 0 Å². The predicted octanol–water partition coefficient (Wildman–Crippen LogP) is 5.16. The second-order valence-corrected chi connectivity index (χ2v) is 5.61. The topological polar surface area (TPSA) is 0 Å². The minimum atomic E-state index is 0.268. The summed E-state index contributed by atoms with van der Waals surface area (Å²) in [7, 11) is 0. The first-order chi connectivity index (χ1) is 9.83. The monoisotopic (exact) mass is 260 g/mol. The first-order valence-corrected chi connectivity index (χ1v) is 7.50. The largest absolute Gasteiger partial charge is 0.119 e. The molecule has 100 valence electrons. The second-order valence-electron chi connectivity index (χ2n) is 5.61. The molecular formula is C20H20. The second kappa shape index (κ2) is 5.55. The molecule has 0 saturated heterocycles. The molecule has 0 heteroatoms. The highest BCUT2D eigenvalue weighted by Crippen LogP contribution is 2.38. The Morgan fingerprint density at radius 2 is 1.90 bits per heavy atom. The Bertz CT molecular complexity index is 658. The van der Waals surface area contributed by atoms with E-state index in [-0.39, 0.29) is 5.92 Å². The van der Waals surface area contributed by atoms with Gasteiger partial charge in [-0.2, -0.15) is 0 Å². The molecule has 20 heavy (non-hydrogen) atoms. The highest BCUT2D eigenvalue weighted by Gasteiger charge is 2.19. The lowest BCUT2D eigenvalue weighted by atomic mass is 9.91. The molecule has 0 aromatic heterocycles. The van der Waals surface area contributed by atoms with E-state index >= 15 is 0 Å². The van der Waals surface area contributed by atoms with Gasteiger partial charge in [-0.1, -0.05) is 68.2 Å². The molecule has 2 aromatic rings. The van der Waals surface area contributed by atoms with Crippen molar-refractivity contribution in [3.63, 3.8) is 0 Å². The third kappa shape index (κ3) is 2.25. The number of benzene rings is 2. The molecule has 1 aliphatic rings. The summed E-state index contributed by atoms with van der Waals surface area (Å²) in [5, 5.41) is 0. The lowest BCUT2D eigenvalue weighted by Gasteiger charge is -2.12. The zero-order valence-corrected chi connectivity index (χ0v) is 12.0. The van der Waals surface area contributed by atoms with E-state index in [9.17, 15) is 0 Å². The fraction of sp³-hybridized carbons (Fsp3) is 0.300. The Labute approximate surface area is 121 Å². The van der Waals surface area contributed by atoms with Gasteiger partial charge in [-0.25, -0.2) is 0 Å². The Morgan fingerprint density at radius 3 is 2.70 bits per heavy atom. The van der Waals surface area contributed by atoms with Crippen molar-refractivity contribution in [2.45, 2.75) is 38.5 Å². The highest BCUT2D eigenvalue weighted by atomic mass is 14.2. The van der Waals surface area contributed by atoms with Crippen molar-refractivity contribution in [1.29, 1.82) is 0 Å². The van der Waals surface area contributed by atoms with E-state index in [2.05, 4.69) is 55.3 Å². The van der Waals surface area contributed by atoms with Crippen LogP contribution in [0.1, 0.15) is 48.8 Å². The van der Waals surface area contributed by atoms with Crippen LogP contribution in [0, 0.1) is 12.3 Å². The maximum Gasteiger partial charge on any atom is 0.0449 e. The minimum Gasteiger partial charge on any atom is -0.119 e. The zero-order valence-electron chi connectivity index (χ0n) is 12.0. The SMILES string of the molecule is C#CC(CCCC)c1ccc2c(c1)Cc1ccccc1-2. The summed E-state index contributed by atoms with van der Waals surface area (Å²) in [5.74, 6) is 3.23. The average molecular weight is 260 g/mol. The number of unbranched alkanes of at least 4 members (excludes halogenated alkanes) is 1. The van der Waals surface area contributed by atoms with Crippen molar-refractivity contribution in [2.75, 3.05) is 0 Å². The molecular weight excluding hydrogens is 240 g/mol. The highest BCUT2D eigenvalue weighted by molar-refractivity contribution is 5.77. The summed E-state index contributed by atoms with van der Waals surface area (Å²) in [6.45, 7) is 2.22. The van der Waals surface area contributed by atoms with Crippen LogP contribution in [0.5, 0.6) is 0 Å². The Kier molecular flexibility index (Phi) is 3.61. The Morgan fingerprint density at radius 1 is 1.10 bits per heavy atom. The van der Waals surface area contributed by atoms with Crippen LogP contribution in [0.25, 0.3) is 11.1 Å². The maximum atomic E-state index is 5.72. The lowest BCUT2D eigenvalue weighted by Crippen LogP contribution is -1.97. The van der Waals surface area contributed by atoms with Crippen molar-refractivity contribution in [3.05, 3.63) is 59.2 Å². The molecule has 0 bridgehead atoms. The number of fused-ring (bicyclic) bond motifs is 3. The Hall–Kier alpha value is -2.00. The molecule has 0 saturated carbocycles. The molecule has 3 rings (SSSR count). The number of hydrogen-bond donors (Lipinski definition) is 0. The zero-order chi connectivity index (χ0) is 13.9. The normalized spacial score (nSPS) is 13.4. The van der Waals surface area contributed by atoms with Crippen molar-refractivity contribution in [2.24, 2.45) is 0 Å². The minimum absolute atomic E-state index is 0.268. The summed E-state index contributed by atoms with van der Waals surface area (Å²) in [6.07, 6.45) is 10.3. The van der Waals surface area contributed by atoms with Gasteiger partial charge in [0.2, 0.25) is 0 Å². The maximum absolute atomic E-state index is 5.72. The number of hydrogen-bond acceptors (Lipinski definition) is 0. The van der Waals surface area contributed by atoms with Crippen LogP contribution in [0.2, 0.25) is 0 Å². The van der Waals surface area contributed by atoms with Gasteiger partial charge < -0.3 is 0 Å². The van der Waals surface area contributed by atoms with Crippen LogP contribution in [-0.4, -0.2) is 0 Å². The third-order valence-electron chi connectivity index (χ3n) is 4.27. The van der Waals surface area contributed by atoms with Gasteiger partial charge in [-0.3, -0.25) is 0 Å². The van der Waals surface area contributed by atoms with Crippen molar-refractivity contribution >= 4 is 0 Å². The first kappa shape index (κ1) is 13.0. The van der Waals surface area contributed by atoms with Crippen LogP contribution < -0.4 is 0 Å². The number of terminal acetylenes is 1. The van der Waals surface area contributed by atoms with E-state index in [1.54, 1.807) is 0 Å². The fourth-order valence-electron chi connectivity index (χ4n) is 3.14. The van der Waals surface area contributed by atoms with Gasteiger partial charge in [0.15, 0.2) is 0 Å². The summed E-state index contributed by atoms with van der Waals surface area (Å²) in [4.78, 5) is 0. The standard InChI is InChI=1S/C20H20/c1-3-5-8-15(4-2)16-11-12-20-18(13-16)14-17-9-6-7-10-19(17)20/h2,6-7,9-13,15H,3,5,8,14H2,1H3. The summed E-state index contributed by atoms with van der Waals surface area (Å²) in [6, 6.07) is 15.5. The summed E-state index contributed by atoms with van der Waals surface area (Å²) in [5.41, 5.74) is 6.95. The quantitative estimate of drug-likeness (QED) is 0.568. The molecule has 0 fully saturated rings. The van der Waals surface area contributed by atoms with Crippen LogP contribution >= 0.6 is 0 Å². The molecule has 0 aliphatic heterocycles. The average Bonchev–Trinajstić information content (AvgIpc) is 2.86. The molecule has 0 nitrogen and oxygen atoms in total. The summed E-state index contributed by atoms with van der Waals surface area (Å²) < 4.78 is 0. The van der Waals surface area contributed by atoms with Gasteiger partial charge in [-0.05, 0) is 40.7 Å². The molecule has 2 aromatic carbocycles. The van der Waals surface area contributed by atoms with Gasteiger partial charge in [-0.15, -0.1) is 6.42 Å². The van der Waals surface area contributed by atoms with Crippen molar-refractivity contribution in [3.8, 4) is 23.5 Å². The molecule has 0 radical (unpaired) electrons. The molecule has 1 atom stereocenters. The van der Waals surface area contributed by atoms with E-state index < -0.39 is 0 Å². The molecule has 0 N–H and O–H groups in total. The van der Waals surface area contributed by atoms with E-state index in [1.165, 1.54) is 40.7 Å². The van der Waals surface area contributed by atoms with E-state index in [0.29, 0.717) is 0 Å². The van der Waals surface area contributed by atoms with Crippen molar-refractivity contribution in [1.82, 2.24) is 0 Å². The van der Waals surface area contributed by atoms with Gasteiger partial charge in [0.25, 0.3) is 0 Å². The fourth-order valence-corrected chi connectivity index (χ4v) is 3.14. The van der Waals surface area contributed by atoms with E-state index in [4.69, 9.17) is 6.42 Å². The lowest BCUT2D eigenvalue weighted by molar-refractivity contribution is 0.676. The van der Waals surface area contributed by atoms with E-state index in [0.717, 1.165) is 12.8 Å². The summed E-state index contributed by atoms with van der Waals surface area (Å²) >= 11 is 0. The van der Waals surface area contributed by atoms with Crippen LogP contribution in [0.15, 0.2) is 42.5 Å². The van der Waals surface area contributed by atoms with Gasteiger partial charge in [0.1, 0.15) is 0 Å². The molecule has 0 amide bonds. The molecule has 0 spiro atoms. The van der Waals surface area contributed by atoms with Gasteiger partial charge >= 0.3 is 0 Å².